The Labute approximate surface area is 100 Å². The van der Waals surface area contributed by atoms with Crippen LogP contribution in [0.15, 0.2) is 36.9 Å². The van der Waals surface area contributed by atoms with Crippen molar-refractivity contribution in [3.63, 3.8) is 0 Å². The minimum absolute atomic E-state index is 0.252. The molecule has 0 bridgehead atoms. The Morgan fingerprint density at radius 3 is 2.71 bits per heavy atom. The van der Waals surface area contributed by atoms with Crippen molar-refractivity contribution in [3.8, 4) is 11.1 Å². The molecular weight excluding hydrogens is 214 g/mol. The minimum Gasteiger partial charge on any atom is -0.380 e. The van der Waals surface area contributed by atoms with Crippen LogP contribution in [0.1, 0.15) is 6.92 Å². The molecule has 2 aromatic rings. The Morgan fingerprint density at radius 1 is 1.29 bits per heavy atom. The molecule has 0 unspecified atom stereocenters. The van der Waals surface area contributed by atoms with Gasteiger partial charge in [0.1, 0.15) is 0 Å². The van der Waals surface area contributed by atoms with E-state index in [2.05, 4.69) is 23.2 Å². The molecule has 1 aliphatic rings. The summed E-state index contributed by atoms with van der Waals surface area (Å²) >= 11 is 0. The molecule has 2 aromatic heterocycles. The maximum atomic E-state index is 5.25. The van der Waals surface area contributed by atoms with Crippen molar-refractivity contribution in [2.24, 2.45) is 5.41 Å². The molecule has 17 heavy (non-hydrogen) atoms. The number of rotatable bonds is 3. The van der Waals surface area contributed by atoms with Gasteiger partial charge in [0, 0.05) is 29.6 Å². The van der Waals surface area contributed by atoms with Gasteiger partial charge in [-0.2, -0.15) is 5.10 Å². The molecule has 3 rings (SSSR count). The molecular formula is C13H15N3O. The lowest BCUT2D eigenvalue weighted by atomic mass is 9.89. The van der Waals surface area contributed by atoms with Crippen molar-refractivity contribution < 1.29 is 4.74 Å². The van der Waals surface area contributed by atoms with Gasteiger partial charge < -0.3 is 4.74 Å². The zero-order valence-electron chi connectivity index (χ0n) is 9.84. The number of ether oxygens (including phenoxy) is 1. The Bertz CT molecular complexity index is 502. The van der Waals surface area contributed by atoms with Gasteiger partial charge in [0.25, 0.3) is 0 Å². The summed E-state index contributed by atoms with van der Waals surface area (Å²) in [6.45, 7) is 4.80. The van der Waals surface area contributed by atoms with Crippen LogP contribution >= 0.6 is 0 Å². The third-order valence-electron chi connectivity index (χ3n) is 3.09. The number of hydrogen-bond donors (Lipinski definition) is 0. The second-order valence-electron chi connectivity index (χ2n) is 4.97. The summed E-state index contributed by atoms with van der Waals surface area (Å²) in [5, 5.41) is 4.40. The topological polar surface area (TPSA) is 39.9 Å². The maximum Gasteiger partial charge on any atom is 0.0568 e. The molecule has 0 atom stereocenters. The zero-order chi connectivity index (χ0) is 11.7. The fourth-order valence-corrected chi connectivity index (χ4v) is 2.08. The van der Waals surface area contributed by atoms with Crippen molar-refractivity contribution >= 4 is 0 Å². The van der Waals surface area contributed by atoms with Crippen LogP contribution in [0.2, 0.25) is 0 Å². The van der Waals surface area contributed by atoms with Gasteiger partial charge in [0.2, 0.25) is 0 Å². The van der Waals surface area contributed by atoms with Gasteiger partial charge in [-0.3, -0.25) is 9.67 Å². The second-order valence-corrected chi connectivity index (χ2v) is 4.97. The third kappa shape index (κ3) is 2.08. The van der Waals surface area contributed by atoms with Crippen LogP contribution in [0.5, 0.6) is 0 Å². The monoisotopic (exact) mass is 229 g/mol. The molecule has 0 aliphatic carbocycles. The van der Waals surface area contributed by atoms with Crippen LogP contribution in [-0.4, -0.2) is 28.0 Å². The first kappa shape index (κ1) is 10.5. The van der Waals surface area contributed by atoms with Crippen LogP contribution in [0, 0.1) is 5.41 Å². The van der Waals surface area contributed by atoms with Crippen LogP contribution in [0.25, 0.3) is 11.1 Å². The van der Waals surface area contributed by atoms with E-state index in [1.54, 1.807) is 12.4 Å². The SMILES string of the molecule is CC1(Cn2cc(-c3ccncc3)cn2)COC1. The minimum atomic E-state index is 0.252. The summed E-state index contributed by atoms with van der Waals surface area (Å²) < 4.78 is 7.25. The number of aromatic nitrogens is 3. The number of nitrogens with zero attached hydrogens (tertiary/aromatic N) is 3. The maximum absolute atomic E-state index is 5.25. The predicted octanol–water partition coefficient (Wildman–Crippen LogP) is 1.98. The molecule has 4 nitrogen and oxygen atoms in total. The van der Waals surface area contributed by atoms with E-state index in [0.717, 1.165) is 30.9 Å². The summed E-state index contributed by atoms with van der Waals surface area (Å²) in [5.74, 6) is 0. The molecule has 88 valence electrons. The predicted molar refractivity (Wildman–Crippen MR) is 64.4 cm³/mol. The fourth-order valence-electron chi connectivity index (χ4n) is 2.08. The lowest BCUT2D eigenvalue weighted by Gasteiger charge is -2.37. The molecule has 0 radical (unpaired) electrons. The fraction of sp³-hybridized carbons (Fsp3) is 0.385. The van der Waals surface area contributed by atoms with Crippen molar-refractivity contribution in [2.75, 3.05) is 13.2 Å². The average Bonchev–Trinajstić information content (AvgIpc) is 2.77. The molecule has 0 spiro atoms. The van der Waals surface area contributed by atoms with E-state index in [1.165, 1.54) is 0 Å². The first-order chi connectivity index (χ1) is 8.25. The van der Waals surface area contributed by atoms with Gasteiger partial charge in [0.05, 0.1) is 26.0 Å². The number of hydrogen-bond acceptors (Lipinski definition) is 3. The normalized spacial score (nSPS) is 17.7. The zero-order valence-corrected chi connectivity index (χ0v) is 9.84. The van der Waals surface area contributed by atoms with Gasteiger partial charge >= 0.3 is 0 Å². The Kier molecular flexibility index (Phi) is 2.44. The summed E-state index contributed by atoms with van der Waals surface area (Å²) in [6.07, 6.45) is 7.58. The summed E-state index contributed by atoms with van der Waals surface area (Å²) in [5.41, 5.74) is 2.54. The highest BCUT2D eigenvalue weighted by molar-refractivity contribution is 5.60. The van der Waals surface area contributed by atoms with Gasteiger partial charge in [-0.1, -0.05) is 6.92 Å². The smallest absolute Gasteiger partial charge is 0.0568 e. The van der Waals surface area contributed by atoms with E-state index in [-0.39, 0.29) is 5.41 Å². The Balaban J connectivity index is 1.79. The molecule has 4 heteroatoms. The lowest BCUT2D eigenvalue weighted by Crippen LogP contribution is -2.43. The van der Waals surface area contributed by atoms with E-state index >= 15 is 0 Å². The first-order valence-electron chi connectivity index (χ1n) is 5.76. The summed E-state index contributed by atoms with van der Waals surface area (Å²) in [6, 6.07) is 3.99. The molecule has 1 fully saturated rings. The molecule has 0 saturated carbocycles. The van der Waals surface area contributed by atoms with Gasteiger partial charge in [0.15, 0.2) is 0 Å². The molecule has 1 saturated heterocycles. The Hall–Kier alpha value is -1.68. The van der Waals surface area contributed by atoms with Crippen LogP contribution in [0.4, 0.5) is 0 Å². The first-order valence-corrected chi connectivity index (χ1v) is 5.76. The molecule has 1 aliphatic heterocycles. The van der Waals surface area contributed by atoms with Crippen LogP contribution in [0.3, 0.4) is 0 Å². The summed E-state index contributed by atoms with van der Waals surface area (Å²) in [4.78, 5) is 4.02. The van der Waals surface area contributed by atoms with E-state index in [1.807, 2.05) is 23.0 Å². The highest BCUT2D eigenvalue weighted by Gasteiger charge is 2.33. The average molecular weight is 229 g/mol. The van der Waals surface area contributed by atoms with Gasteiger partial charge in [-0.05, 0) is 17.7 Å². The standard InChI is InChI=1S/C13H15N3O/c1-13(9-17-10-13)8-16-7-12(6-15-16)11-2-4-14-5-3-11/h2-7H,8-10H2,1H3. The van der Waals surface area contributed by atoms with E-state index in [0.29, 0.717) is 0 Å². The van der Waals surface area contributed by atoms with Crippen molar-refractivity contribution in [2.45, 2.75) is 13.5 Å². The highest BCUT2D eigenvalue weighted by atomic mass is 16.5. The van der Waals surface area contributed by atoms with Crippen molar-refractivity contribution in [1.29, 1.82) is 0 Å². The second kappa shape index (κ2) is 3.96. The van der Waals surface area contributed by atoms with Crippen LogP contribution < -0.4 is 0 Å². The third-order valence-corrected chi connectivity index (χ3v) is 3.09. The summed E-state index contributed by atoms with van der Waals surface area (Å²) in [7, 11) is 0. The quantitative estimate of drug-likeness (QED) is 0.808. The van der Waals surface area contributed by atoms with Gasteiger partial charge in [-0.15, -0.1) is 0 Å². The molecule has 3 heterocycles. The van der Waals surface area contributed by atoms with Crippen molar-refractivity contribution in [3.05, 3.63) is 36.9 Å². The van der Waals surface area contributed by atoms with E-state index in [4.69, 9.17) is 4.74 Å². The largest absolute Gasteiger partial charge is 0.380 e. The van der Waals surface area contributed by atoms with E-state index in [9.17, 15) is 0 Å². The highest BCUT2D eigenvalue weighted by Crippen LogP contribution is 2.29. The number of pyridine rings is 1. The molecule has 0 N–H and O–H groups in total. The molecule has 0 amide bonds. The van der Waals surface area contributed by atoms with Crippen LogP contribution in [-0.2, 0) is 11.3 Å². The molecule has 0 aromatic carbocycles. The Morgan fingerprint density at radius 2 is 2.06 bits per heavy atom. The van der Waals surface area contributed by atoms with E-state index < -0.39 is 0 Å². The van der Waals surface area contributed by atoms with Crippen molar-refractivity contribution in [1.82, 2.24) is 14.8 Å². The lowest BCUT2D eigenvalue weighted by molar-refractivity contribution is -0.111. The van der Waals surface area contributed by atoms with Gasteiger partial charge in [-0.25, -0.2) is 0 Å².